The summed E-state index contributed by atoms with van der Waals surface area (Å²) in [6.45, 7) is 10.5. The Balaban J connectivity index is 1.92. The van der Waals surface area contributed by atoms with E-state index in [1.807, 2.05) is 26.0 Å². The quantitative estimate of drug-likeness (QED) is 0.752. The van der Waals surface area contributed by atoms with Crippen LogP contribution in [-0.2, 0) is 0 Å². The van der Waals surface area contributed by atoms with Crippen LogP contribution in [0.4, 0.5) is 0 Å². The van der Waals surface area contributed by atoms with Crippen molar-refractivity contribution in [1.29, 1.82) is 0 Å². The van der Waals surface area contributed by atoms with Crippen LogP contribution in [-0.4, -0.2) is 48.0 Å². The van der Waals surface area contributed by atoms with Gasteiger partial charge in [-0.2, -0.15) is 0 Å². The second-order valence-corrected chi connectivity index (χ2v) is 7.28. The van der Waals surface area contributed by atoms with Crippen molar-refractivity contribution in [2.24, 2.45) is 0 Å². The highest BCUT2D eigenvalue weighted by Gasteiger charge is 2.28. The van der Waals surface area contributed by atoms with Crippen LogP contribution in [0, 0.1) is 0 Å². The zero-order chi connectivity index (χ0) is 19.6. The Morgan fingerprint density at radius 3 is 2.70 bits per heavy atom. The van der Waals surface area contributed by atoms with Gasteiger partial charge >= 0.3 is 5.63 Å². The topological polar surface area (TPSA) is 72.1 Å². The number of fused-ring (bicyclic) bond motifs is 3. The number of hydrogen-bond acceptors (Lipinski definition) is 6. The number of hydrogen-bond donors (Lipinski definition) is 1. The van der Waals surface area contributed by atoms with Crippen molar-refractivity contribution >= 4 is 17.0 Å². The zero-order valence-electron chi connectivity index (χ0n) is 16.3. The number of benzene rings is 1. The Kier molecular flexibility index (Phi) is 5.58. The summed E-state index contributed by atoms with van der Waals surface area (Å²) < 4.78 is 17.4. The minimum absolute atomic E-state index is 0.152. The summed E-state index contributed by atoms with van der Waals surface area (Å²) in [4.78, 5) is 13.8. The summed E-state index contributed by atoms with van der Waals surface area (Å²) in [5, 5.41) is 11.1. The summed E-state index contributed by atoms with van der Waals surface area (Å²) >= 11 is 0. The van der Waals surface area contributed by atoms with Gasteiger partial charge in [-0.15, -0.1) is 0 Å². The SMILES string of the molecule is CCN(CC)CC(O)COc1cc2ccc(=O)oc2c2c1OC(C)(C)C=C2. The molecule has 0 bridgehead atoms. The lowest BCUT2D eigenvalue weighted by Crippen LogP contribution is -2.35. The van der Waals surface area contributed by atoms with Gasteiger partial charge in [0.1, 0.15) is 23.9 Å². The fraction of sp³-hybridized carbons (Fsp3) is 0.476. The van der Waals surface area contributed by atoms with Crippen molar-refractivity contribution in [3.05, 3.63) is 40.3 Å². The Labute approximate surface area is 159 Å². The minimum Gasteiger partial charge on any atom is -0.487 e. The van der Waals surface area contributed by atoms with Gasteiger partial charge in [0.25, 0.3) is 0 Å². The molecule has 1 atom stereocenters. The van der Waals surface area contributed by atoms with Crippen molar-refractivity contribution in [1.82, 2.24) is 4.90 Å². The molecule has 0 spiro atoms. The van der Waals surface area contributed by atoms with Crippen LogP contribution < -0.4 is 15.1 Å². The zero-order valence-corrected chi connectivity index (χ0v) is 16.3. The lowest BCUT2D eigenvalue weighted by atomic mass is 10.00. The molecule has 0 amide bonds. The second kappa shape index (κ2) is 7.74. The molecule has 0 aliphatic carbocycles. The predicted octanol–water partition coefficient (Wildman–Crippen LogP) is 3.06. The highest BCUT2D eigenvalue weighted by molar-refractivity contribution is 5.91. The van der Waals surface area contributed by atoms with Crippen LogP contribution >= 0.6 is 0 Å². The molecular formula is C21H27NO5. The van der Waals surface area contributed by atoms with E-state index >= 15 is 0 Å². The first kappa shape index (κ1) is 19.5. The maximum absolute atomic E-state index is 11.7. The minimum atomic E-state index is -0.614. The third-order valence-corrected chi connectivity index (χ3v) is 4.67. The predicted molar refractivity (Wildman–Crippen MR) is 106 cm³/mol. The van der Waals surface area contributed by atoms with Crippen molar-refractivity contribution < 1.29 is 19.0 Å². The normalized spacial score (nSPS) is 16.2. The fourth-order valence-electron chi connectivity index (χ4n) is 3.16. The standard InChI is InChI=1S/C21H27NO5/c1-5-22(6-2)12-15(23)13-25-17-11-14-7-8-18(24)26-19(14)16-9-10-21(3,4)27-20(16)17/h7-11,15,23H,5-6,12-13H2,1-4H3. The molecule has 0 saturated carbocycles. The maximum Gasteiger partial charge on any atom is 0.336 e. The molecule has 1 unspecified atom stereocenters. The number of rotatable bonds is 7. The first-order chi connectivity index (χ1) is 12.8. The number of aliphatic hydroxyl groups excluding tert-OH is 1. The summed E-state index contributed by atoms with van der Waals surface area (Å²) in [6, 6.07) is 4.87. The number of nitrogens with zero attached hydrogens (tertiary/aromatic N) is 1. The summed E-state index contributed by atoms with van der Waals surface area (Å²) in [7, 11) is 0. The monoisotopic (exact) mass is 373 g/mol. The van der Waals surface area contributed by atoms with E-state index < -0.39 is 17.3 Å². The molecule has 1 N–H and O–H groups in total. The van der Waals surface area contributed by atoms with E-state index in [-0.39, 0.29) is 6.61 Å². The van der Waals surface area contributed by atoms with E-state index in [0.717, 1.165) is 18.5 Å². The second-order valence-electron chi connectivity index (χ2n) is 7.28. The molecule has 2 heterocycles. The number of likely N-dealkylation sites (N-methyl/N-ethyl adjacent to an activating group) is 1. The lowest BCUT2D eigenvalue weighted by Gasteiger charge is -2.30. The average molecular weight is 373 g/mol. The van der Waals surface area contributed by atoms with Crippen LogP contribution in [0.15, 0.2) is 33.5 Å². The van der Waals surface area contributed by atoms with Crippen LogP contribution in [0.1, 0.15) is 33.3 Å². The van der Waals surface area contributed by atoms with Gasteiger partial charge in [0, 0.05) is 18.0 Å². The van der Waals surface area contributed by atoms with Crippen LogP contribution in [0.3, 0.4) is 0 Å². The highest BCUT2D eigenvalue weighted by atomic mass is 16.5. The van der Waals surface area contributed by atoms with Gasteiger partial charge in [-0.1, -0.05) is 13.8 Å². The molecule has 2 aromatic rings. The summed E-state index contributed by atoms with van der Waals surface area (Å²) in [6.07, 6.45) is 3.20. The molecule has 6 nitrogen and oxygen atoms in total. The molecule has 1 aromatic carbocycles. The van der Waals surface area contributed by atoms with Crippen molar-refractivity contribution in [2.75, 3.05) is 26.2 Å². The van der Waals surface area contributed by atoms with Gasteiger partial charge < -0.3 is 23.9 Å². The molecule has 0 radical (unpaired) electrons. The summed E-state index contributed by atoms with van der Waals surface area (Å²) in [5.74, 6) is 1.06. The van der Waals surface area contributed by atoms with E-state index in [1.54, 1.807) is 12.1 Å². The third-order valence-electron chi connectivity index (χ3n) is 4.67. The Bertz CT molecular complexity index is 895. The molecule has 3 rings (SSSR count). The van der Waals surface area contributed by atoms with Gasteiger partial charge in [0.2, 0.25) is 0 Å². The van der Waals surface area contributed by atoms with E-state index in [2.05, 4.69) is 18.7 Å². The highest BCUT2D eigenvalue weighted by Crippen LogP contribution is 2.43. The first-order valence-electron chi connectivity index (χ1n) is 9.35. The maximum atomic E-state index is 11.7. The van der Waals surface area contributed by atoms with Gasteiger partial charge in [-0.3, -0.25) is 0 Å². The van der Waals surface area contributed by atoms with E-state index in [0.29, 0.717) is 29.2 Å². The van der Waals surface area contributed by atoms with Crippen LogP contribution in [0.25, 0.3) is 17.0 Å². The third kappa shape index (κ3) is 4.34. The van der Waals surface area contributed by atoms with E-state index in [9.17, 15) is 9.90 Å². The molecule has 0 saturated heterocycles. The molecule has 146 valence electrons. The fourth-order valence-corrected chi connectivity index (χ4v) is 3.16. The molecule has 1 aliphatic heterocycles. The van der Waals surface area contributed by atoms with Gasteiger partial charge in [0.15, 0.2) is 11.5 Å². The van der Waals surface area contributed by atoms with Crippen LogP contribution in [0.2, 0.25) is 0 Å². The molecule has 1 aliphatic rings. The Morgan fingerprint density at radius 1 is 1.26 bits per heavy atom. The first-order valence-corrected chi connectivity index (χ1v) is 9.35. The molecule has 1 aromatic heterocycles. The Morgan fingerprint density at radius 2 is 2.00 bits per heavy atom. The number of aliphatic hydroxyl groups is 1. The van der Waals surface area contributed by atoms with E-state index in [1.165, 1.54) is 6.07 Å². The molecule has 6 heteroatoms. The van der Waals surface area contributed by atoms with Gasteiger partial charge in [-0.25, -0.2) is 4.79 Å². The number of ether oxygens (including phenoxy) is 2. The van der Waals surface area contributed by atoms with E-state index in [4.69, 9.17) is 13.9 Å². The van der Waals surface area contributed by atoms with Crippen molar-refractivity contribution in [3.63, 3.8) is 0 Å². The molecule has 0 fully saturated rings. The molecular weight excluding hydrogens is 346 g/mol. The summed E-state index contributed by atoms with van der Waals surface area (Å²) in [5.41, 5.74) is 0.234. The average Bonchev–Trinajstić information content (AvgIpc) is 2.63. The molecule has 27 heavy (non-hydrogen) atoms. The van der Waals surface area contributed by atoms with Crippen molar-refractivity contribution in [2.45, 2.75) is 39.4 Å². The van der Waals surface area contributed by atoms with Crippen molar-refractivity contribution in [3.8, 4) is 11.5 Å². The lowest BCUT2D eigenvalue weighted by molar-refractivity contribution is 0.0680. The Hall–Kier alpha value is -2.31. The van der Waals surface area contributed by atoms with Crippen LogP contribution in [0.5, 0.6) is 11.5 Å². The van der Waals surface area contributed by atoms with Gasteiger partial charge in [-0.05, 0) is 51.2 Å². The van der Waals surface area contributed by atoms with Gasteiger partial charge in [0.05, 0.1) is 5.56 Å². The smallest absolute Gasteiger partial charge is 0.336 e. The largest absolute Gasteiger partial charge is 0.487 e.